The van der Waals surface area contributed by atoms with Crippen LogP contribution in [0.5, 0.6) is 0 Å². The average Bonchev–Trinajstić information content (AvgIpc) is 2.65. The number of fused-ring (bicyclic) bond motifs is 4. The number of hydrogen-bond acceptors (Lipinski definition) is 3. The maximum absolute atomic E-state index is 13.4. The van der Waals surface area contributed by atoms with Gasteiger partial charge in [0.05, 0.1) is 6.04 Å². The van der Waals surface area contributed by atoms with E-state index in [2.05, 4.69) is 21.2 Å². The van der Waals surface area contributed by atoms with Gasteiger partial charge in [-0.2, -0.15) is 26.3 Å². The largest absolute Gasteiger partial charge is 0.430 e. The minimum atomic E-state index is -5.92. The third kappa shape index (κ3) is 3.36. The van der Waals surface area contributed by atoms with Gasteiger partial charge in [0.2, 0.25) is 0 Å². The van der Waals surface area contributed by atoms with Crippen molar-refractivity contribution in [3.63, 3.8) is 0 Å². The maximum atomic E-state index is 13.4. The van der Waals surface area contributed by atoms with Crippen molar-refractivity contribution in [1.29, 1.82) is 0 Å². The van der Waals surface area contributed by atoms with Crippen molar-refractivity contribution in [3.8, 4) is 0 Å². The Morgan fingerprint density at radius 3 is 2.29 bits per heavy atom. The van der Waals surface area contributed by atoms with E-state index in [0.717, 1.165) is 21.0 Å². The van der Waals surface area contributed by atoms with Crippen LogP contribution >= 0.6 is 27.7 Å². The molecule has 0 fully saturated rings. The van der Waals surface area contributed by atoms with E-state index in [1.807, 2.05) is 32.0 Å². The van der Waals surface area contributed by atoms with Crippen LogP contribution in [0.4, 0.5) is 32.0 Å². The number of aliphatic hydroxyl groups is 1. The van der Waals surface area contributed by atoms with E-state index in [-0.39, 0.29) is 12.0 Å². The van der Waals surface area contributed by atoms with Crippen LogP contribution in [0.3, 0.4) is 0 Å². The first-order chi connectivity index (χ1) is 14.2. The fraction of sp³-hybridized carbons (Fsp3) is 0.429. The second kappa shape index (κ2) is 7.05. The normalized spacial score (nSPS) is 22.8. The van der Waals surface area contributed by atoms with Crippen molar-refractivity contribution in [1.82, 2.24) is 0 Å². The molecule has 2 aliphatic rings. The number of anilines is 1. The summed E-state index contributed by atoms with van der Waals surface area (Å²) >= 11 is 5.07. The van der Waals surface area contributed by atoms with Gasteiger partial charge >= 0.3 is 12.4 Å². The molecule has 0 amide bonds. The summed E-state index contributed by atoms with van der Waals surface area (Å²) in [6.45, 7) is 3.63. The zero-order valence-electron chi connectivity index (χ0n) is 16.3. The summed E-state index contributed by atoms with van der Waals surface area (Å²) < 4.78 is 81.2. The Bertz CT molecular complexity index is 1020. The Hall–Kier alpha value is -1.39. The number of nitrogens with one attached hydrogen (secondary N) is 1. The standard InChI is InChI=1S/C21H18BrF6NOS/c1-18(2)13-7-10(19(30,20(23,24)25)21(26,27)28)3-5-15(13)29-17-12-8-11(22)4-6-16(12)31-9-14(17)18/h3-8,14,17,29-30H,9H2,1-2H3. The van der Waals surface area contributed by atoms with Gasteiger partial charge in [-0.3, -0.25) is 0 Å². The van der Waals surface area contributed by atoms with E-state index in [4.69, 9.17) is 0 Å². The van der Waals surface area contributed by atoms with Crippen LogP contribution < -0.4 is 5.32 Å². The number of alkyl halides is 6. The molecule has 0 radical (unpaired) electrons. The lowest BCUT2D eigenvalue weighted by Crippen LogP contribution is -2.54. The van der Waals surface area contributed by atoms with Crippen LogP contribution in [0.1, 0.15) is 36.6 Å². The number of halogens is 7. The van der Waals surface area contributed by atoms with Crippen molar-refractivity contribution in [3.05, 3.63) is 57.6 Å². The number of benzene rings is 2. The highest BCUT2D eigenvalue weighted by molar-refractivity contribution is 9.10. The molecule has 2 heterocycles. The van der Waals surface area contributed by atoms with Gasteiger partial charge in [-0.05, 0) is 46.9 Å². The fourth-order valence-electron chi connectivity index (χ4n) is 4.47. The van der Waals surface area contributed by atoms with Gasteiger partial charge in [0.25, 0.3) is 5.60 Å². The molecule has 2 atom stereocenters. The number of hydrogen-bond donors (Lipinski definition) is 2. The molecule has 2 aliphatic heterocycles. The van der Waals surface area contributed by atoms with E-state index < -0.39 is 28.9 Å². The molecule has 2 unspecified atom stereocenters. The Morgan fingerprint density at radius 2 is 1.68 bits per heavy atom. The number of rotatable bonds is 1. The van der Waals surface area contributed by atoms with Crippen molar-refractivity contribution < 1.29 is 31.4 Å². The highest BCUT2D eigenvalue weighted by Crippen LogP contribution is 2.56. The predicted octanol–water partition coefficient (Wildman–Crippen LogP) is 6.93. The Kier molecular flexibility index (Phi) is 5.19. The zero-order chi connectivity index (χ0) is 23.0. The quantitative estimate of drug-likeness (QED) is 0.396. The molecule has 168 valence electrons. The van der Waals surface area contributed by atoms with Crippen LogP contribution in [0.15, 0.2) is 45.8 Å². The Morgan fingerprint density at radius 1 is 1.03 bits per heavy atom. The van der Waals surface area contributed by atoms with Crippen LogP contribution in [0.25, 0.3) is 0 Å². The third-order valence-electron chi connectivity index (χ3n) is 6.32. The van der Waals surface area contributed by atoms with Crippen LogP contribution in [0, 0.1) is 5.92 Å². The van der Waals surface area contributed by atoms with Crippen molar-refractivity contribution in [2.24, 2.45) is 5.92 Å². The SMILES string of the molecule is CC1(C)c2cc(C(O)(C(F)(F)F)C(F)(F)F)ccc2NC2c3cc(Br)ccc3SCC21. The first kappa shape index (κ1) is 22.8. The summed E-state index contributed by atoms with van der Waals surface area (Å²) in [5.41, 5.74) is -5.11. The van der Waals surface area contributed by atoms with Crippen molar-refractivity contribution >= 4 is 33.4 Å². The molecule has 0 spiro atoms. The summed E-state index contributed by atoms with van der Waals surface area (Å²) in [6, 6.07) is 8.49. The minimum Gasteiger partial charge on any atom is -0.378 e. The second-order valence-electron chi connectivity index (χ2n) is 8.41. The molecule has 0 saturated carbocycles. The predicted molar refractivity (Wildman–Crippen MR) is 110 cm³/mol. The molecule has 4 rings (SSSR count). The van der Waals surface area contributed by atoms with Crippen LogP contribution in [-0.2, 0) is 11.0 Å². The Labute approximate surface area is 187 Å². The third-order valence-corrected chi connectivity index (χ3v) is 8.02. The van der Waals surface area contributed by atoms with Gasteiger partial charge in [0.1, 0.15) is 0 Å². The molecule has 0 aromatic heterocycles. The average molecular weight is 526 g/mol. The molecule has 2 nitrogen and oxygen atoms in total. The smallest absolute Gasteiger partial charge is 0.378 e. The lowest BCUT2D eigenvalue weighted by Gasteiger charge is -2.49. The van der Waals surface area contributed by atoms with E-state index >= 15 is 0 Å². The lowest BCUT2D eigenvalue weighted by atomic mass is 9.65. The van der Waals surface area contributed by atoms with Gasteiger partial charge in [0.15, 0.2) is 0 Å². The second-order valence-corrected chi connectivity index (χ2v) is 10.4. The lowest BCUT2D eigenvalue weighted by molar-refractivity contribution is -0.376. The molecule has 2 aromatic carbocycles. The molecular weight excluding hydrogens is 508 g/mol. The van der Waals surface area contributed by atoms with Crippen LogP contribution in [0.2, 0.25) is 0 Å². The minimum absolute atomic E-state index is 0.0908. The molecule has 0 saturated heterocycles. The summed E-state index contributed by atoms with van der Waals surface area (Å²) in [5.74, 6) is 0.554. The fourth-order valence-corrected chi connectivity index (χ4v) is 6.34. The molecular formula is C21H18BrF6NOS. The molecule has 2 N–H and O–H groups in total. The van der Waals surface area contributed by atoms with E-state index in [1.165, 1.54) is 6.07 Å². The molecule has 0 aliphatic carbocycles. The maximum Gasteiger partial charge on any atom is 0.430 e. The number of thioether (sulfide) groups is 1. The molecule has 31 heavy (non-hydrogen) atoms. The highest BCUT2D eigenvalue weighted by Gasteiger charge is 2.71. The van der Waals surface area contributed by atoms with Gasteiger partial charge < -0.3 is 10.4 Å². The van der Waals surface area contributed by atoms with Gasteiger partial charge in [-0.1, -0.05) is 35.8 Å². The topological polar surface area (TPSA) is 32.3 Å². The van der Waals surface area contributed by atoms with E-state index in [1.54, 1.807) is 11.8 Å². The zero-order valence-corrected chi connectivity index (χ0v) is 18.7. The van der Waals surface area contributed by atoms with Crippen LogP contribution in [-0.4, -0.2) is 23.2 Å². The monoisotopic (exact) mass is 525 g/mol. The molecule has 10 heteroatoms. The first-order valence-corrected chi connectivity index (χ1v) is 11.2. The van der Waals surface area contributed by atoms with E-state index in [9.17, 15) is 31.4 Å². The Balaban J connectivity index is 1.85. The first-order valence-electron chi connectivity index (χ1n) is 9.37. The summed E-state index contributed by atoms with van der Waals surface area (Å²) in [4.78, 5) is 1.08. The van der Waals surface area contributed by atoms with Gasteiger partial charge in [-0.15, -0.1) is 11.8 Å². The highest BCUT2D eigenvalue weighted by atomic mass is 79.9. The summed E-state index contributed by atoms with van der Waals surface area (Å²) in [7, 11) is 0. The van der Waals surface area contributed by atoms with Gasteiger partial charge in [0, 0.05) is 32.3 Å². The summed E-state index contributed by atoms with van der Waals surface area (Å²) in [5, 5.41) is 13.2. The van der Waals surface area contributed by atoms with Crippen molar-refractivity contribution in [2.45, 2.75) is 48.2 Å². The molecule has 0 bridgehead atoms. The van der Waals surface area contributed by atoms with Crippen molar-refractivity contribution in [2.75, 3.05) is 11.1 Å². The van der Waals surface area contributed by atoms with E-state index in [0.29, 0.717) is 23.1 Å². The summed E-state index contributed by atoms with van der Waals surface area (Å²) in [6.07, 6.45) is -11.8. The molecule has 2 aromatic rings. The van der Waals surface area contributed by atoms with Gasteiger partial charge in [-0.25, -0.2) is 0 Å².